The van der Waals surface area contributed by atoms with Crippen molar-refractivity contribution in [1.29, 1.82) is 0 Å². The van der Waals surface area contributed by atoms with Crippen molar-refractivity contribution in [1.82, 2.24) is 4.90 Å². The lowest BCUT2D eigenvalue weighted by molar-refractivity contribution is 0.234. The Labute approximate surface area is 113 Å². The van der Waals surface area contributed by atoms with Crippen LogP contribution in [-0.4, -0.2) is 31.4 Å². The van der Waals surface area contributed by atoms with Gasteiger partial charge < -0.3 is 4.90 Å². The molecule has 104 valence electrons. The molecule has 0 atom stereocenters. The lowest BCUT2D eigenvalue weighted by Crippen LogP contribution is -2.21. The fourth-order valence-corrected chi connectivity index (χ4v) is 3.65. The number of nitrogens with zero attached hydrogens (tertiary/aromatic N) is 2. The number of hydrogen-bond acceptors (Lipinski definition) is 1. The van der Waals surface area contributed by atoms with Crippen LogP contribution in [0.5, 0.6) is 0 Å². The van der Waals surface area contributed by atoms with Crippen molar-refractivity contribution < 1.29 is 0 Å². The van der Waals surface area contributed by atoms with Gasteiger partial charge in [-0.2, -0.15) is 0 Å². The van der Waals surface area contributed by atoms with Crippen LogP contribution < -0.4 is 0 Å². The highest BCUT2D eigenvalue weighted by molar-refractivity contribution is 5.54. The smallest absolute Gasteiger partial charge is 0.0848 e. The first-order valence-corrected chi connectivity index (χ1v) is 7.94. The largest absolute Gasteiger partial charge is 0.369 e. The topological polar surface area (TPSA) is 15.6 Å². The highest BCUT2D eigenvalue weighted by atomic mass is 15.1. The van der Waals surface area contributed by atoms with Gasteiger partial charge in [0.2, 0.25) is 0 Å². The molecule has 0 heterocycles. The molecule has 2 rings (SSSR count). The van der Waals surface area contributed by atoms with E-state index in [1.807, 2.05) is 11.2 Å². The van der Waals surface area contributed by atoms with Crippen LogP contribution in [0.4, 0.5) is 0 Å². The number of hydrogen-bond donors (Lipinski definition) is 0. The molecule has 0 amide bonds. The Bertz CT molecular complexity index is 246. The second-order valence-electron chi connectivity index (χ2n) is 6.64. The summed E-state index contributed by atoms with van der Waals surface area (Å²) in [6.07, 6.45) is 16.5. The maximum absolute atomic E-state index is 4.66. The summed E-state index contributed by atoms with van der Waals surface area (Å²) in [6.45, 7) is 0. The molecule has 0 saturated heterocycles. The molecule has 2 saturated carbocycles. The summed E-state index contributed by atoms with van der Waals surface area (Å²) in [5, 5.41) is 0. The second-order valence-corrected chi connectivity index (χ2v) is 6.64. The normalized spacial score (nSPS) is 30.8. The lowest BCUT2D eigenvalue weighted by atomic mass is 9.77. The summed E-state index contributed by atoms with van der Waals surface area (Å²) in [6, 6.07) is 0.606. The minimum atomic E-state index is 0.606. The monoisotopic (exact) mass is 250 g/mol. The van der Waals surface area contributed by atoms with E-state index in [4.69, 9.17) is 0 Å². The molecule has 0 unspecified atom stereocenters. The maximum atomic E-state index is 4.66. The Kier molecular flexibility index (Phi) is 5.52. The number of aliphatic imine (C=N–C) groups is 1. The van der Waals surface area contributed by atoms with Crippen LogP contribution in [0.3, 0.4) is 0 Å². The van der Waals surface area contributed by atoms with E-state index in [0.717, 1.165) is 11.8 Å². The Morgan fingerprint density at radius 3 is 2.11 bits per heavy atom. The van der Waals surface area contributed by atoms with E-state index in [1.165, 1.54) is 64.2 Å². The molecule has 0 bridgehead atoms. The van der Waals surface area contributed by atoms with E-state index in [-0.39, 0.29) is 0 Å². The van der Waals surface area contributed by atoms with E-state index in [0.29, 0.717) is 6.04 Å². The molecule has 2 fully saturated rings. The van der Waals surface area contributed by atoms with Crippen molar-refractivity contribution >= 4 is 6.34 Å². The molecule has 2 nitrogen and oxygen atoms in total. The molecule has 2 aliphatic rings. The first-order valence-electron chi connectivity index (χ1n) is 7.94. The minimum Gasteiger partial charge on any atom is -0.369 e. The first kappa shape index (κ1) is 13.9. The summed E-state index contributed by atoms with van der Waals surface area (Å²) in [5.74, 6) is 2.07. The second kappa shape index (κ2) is 7.16. The third-order valence-corrected chi connectivity index (χ3v) is 4.72. The molecule has 0 aromatic carbocycles. The predicted molar refractivity (Wildman–Crippen MR) is 79.1 cm³/mol. The zero-order chi connectivity index (χ0) is 12.8. The highest BCUT2D eigenvalue weighted by Gasteiger charge is 2.24. The average Bonchev–Trinajstić information content (AvgIpc) is 2.39. The molecule has 0 spiro atoms. The van der Waals surface area contributed by atoms with Gasteiger partial charge >= 0.3 is 0 Å². The van der Waals surface area contributed by atoms with Crippen LogP contribution in [0.25, 0.3) is 0 Å². The Morgan fingerprint density at radius 1 is 0.889 bits per heavy atom. The summed E-state index contributed by atoms with van der Waals surface area (Å²) in [4.78, 5) is 6.71. The average molecular weight is 250 g/mol. The van der Waals surface area contributed by atoms with Gasteiger partial charge in [-0.3, -0.25) is 4.99 Å². The van der Waals surface area contributed by atoms with E-state index >= 15 is 0 Å². The summed E-state index contributed by atoms with van der Waals surface area (Å²) in [7, 11) is 4.11. The third kappa shape index (κ3) is 4.62. The maximum Gasteiger partial charge on any atom is 0.0848 e. The van der Waals surface area contributed by atoms with Crippen LogP contribution in [0.2, 0.25) is 0 Å². The highest BCUT2D eigenvalue weighted by Crippen LogP contribution is 2.35. The van der Waals surface area contributed by atoms with Gasteiger partial charge in [0.15, 0.2) is 0 Å². The van der Waals surface area contributed by atoms with Crippen LogP contribution in [0, 0.1) is 11.8 Å². The summed E-state index contributed by atoms with van der Waals surface area (Å²) < 4.78 is 0. The van der Waals surface area contributed by atoms with Crippen molar-refractivity contribution in [3.63, 3.8) is 0 Å². The molecule has 0 aliphatic heterocycles. The van der Waals surface area contributed by atoms with E-state index < -0.39 is 0 Å². The lowest BCUT2D eigenvalue weighted by Gasteiger charge is -2.31. The van der Waals surface area contributed by atoms with Crippen LogP contribution >= 0.6 is 0 Å². The van der Waals surface area contributed by atoms with Crippen molar-refractivity contribution in [2.75, 3.05) is 14.1 Å². The van der Waals surface area contributed by atoms with Gasteiger partial charge in [-0.05, 0) is 43.9 Å². The molecule has 18 heavy (non-hydrogen) atoms. The van der Waals surface area contributed by atoms with Gasteiger partial charge in [0.25, 0.3) is 0 Å². The summed E-state index contributed by atoms with van der Waals surface area (Å²) >= 11 is 0. The molecule has 2 heteroatoms. The van der Waals surface area contributed by atoms with Gasteiger partial charge in [-0.15, -0.1) is 0 Å². The number of rotatable bonds is 4. The molecular weight excluding hydrogens is 220 g/mol. The van der Waals surface area contributed by atoms with E-state index in [9.17, 15) is 0 Å². The zero-order valence-corrected chi connectivity index (χ0v) is 12.3. The van der Waals surface area contributed by atoms with Crippen molar-refractivity contribution in [3.8, 4) is 0 Å². The first-order chi connectivity index (χ1) is 8.74. The van der Waals surface area contributed by atoms with Crippen LogP contribution in [0.1, 0.15) is 64.2 Å². The van der Waals surface area contributed by atoms with E-state index in [1.54, 1.807) is 0 Å². The SMILES string of the molecule is CN(C)C=NC1CCC(CC2CCCCC2)CC1. The molecular formula is C16H30N2. The zero-order valence-electron chi connectivity index (χ0n) is 12.3. The molecule has 2 aliphatic carbocycles. The van der Waals surface area contributed by atoms with E-state index in [2.05, 4.69) is 19.1 Å². The van der Waals surface area contributed by atoms with Gasteiger partial charge in [0, 0.05) is 14.1 Å². The van der Waals surface area contributed by atoms with Gasteiger partial charge in [0.05, 0.1) is 12.4 Å². The Balaban J connectivity index is 1.66. The summed E-state index contributed by atoms with van der Waals surface area (Å²) in [5.41, 5.74) is 0. The van der Waals surface area contributed by atoms with Crippen molar-refractivity contribution in [2.24, 2.45) is 16.8 Å². The van der Waals surface area contributed by atoms with Crippen molar-refractivity contribution in [3.05, 3.63) is 0 Å². The Hall–Kier alpha value is -0.530. The van der Waals surface area contributed by atoms with Crippen LogP contribution in [-0.2, 0) is 0 Å². The van der Waals surface area contributed by atoms with Crippen LogP contribution in [0.15, 0.2) is 4.99 Å². The minimum absolute atomic E-state index is 0.606. The standard InChI is InChI=1S/C16H30N2/c1-18(2)13-17-16-10-8-15(9-11-16)12-14-6-4-3-5-7-14/h13-16H,3-12H2,1-2H3. The van der Waals surface area contributed by atoms with Gasteiger partial charge in [-0.25, -0.2) is 0 Å². The predicted octanol–water partition coefficient (Wildman–Crippen LogP) is 4.11. The molecule has 0 radical (unpaired) electrons. The fourth-order valence-electron chi connectivity index (χ4n) is 3.65. The van der Waals surface area contributed by atoms with Gasteiger partial charge in [0.1, 0.15) is 0 Å². The molecule has 0 aromatic rings. The quantitative estimate of drug-likeness (QED) is 0.541. The molecule has 0 aromatic heterocycles. The third-order valence-electron chi connectivity index (χ3n) is 4.72. The van der Waals surface area contributed by atoms with Crippen molar-refractivity contribution in [2.45, 2.75) is 70.3 Å². The van der Waals surface area contributed by atoms with Gasteiger partial charge in [-0.1, -0.05) is 32.1 Å². The molecule has 0 N–H and O–H groups in total. The Morgan fingerprint density at radius 2 is 1.50 bits per heavy atom. The fraction of sp³-hybridized carbons (Fsp3) is 0.938.